The van der Waals surface area contributed by atoms with E-state index in [9.17, 15) is 18.0 Å². The molecule has 2 aromatic heterocycles. The molecule has 0 saturated heterocycles. The Labute approximate surface area is 157 Å². The molecule has 0 bridgehead atoms. The Morgan fingerprint density at radius 1 is 1.21 bits per heavy atom. The van der Waals surface area contributed by atoms with Gasteiger partial charge in [0.2, 0.25) is 0 Å². The van der Waals surface area contributed by atoms with E-state index < -0.39 is 6.30 Å². The van der Waals surface area contributed by atoms with Gasteiger partial charge in [-0.2, -0.15) is 13.2 Å². The number of nitrogens with zero attached hydrogens (tertiary/aromatic N) is 2. The third kappa shape index (κ3) is 3.85. The van der Waals surface area contributed by atoms with Gasteiger partial charge >= 0.3 is 6.30 Å². The lowest BCUT2D eigenvalue weighted by Crippen LogP contribution is -2.46. The fourth-order valence-electron chi connectivity index (χ4n) is 3.18. The molecule has 0 fully saturated rings. The number of amides is 1. The highest BCUT2D eigenvalue weighted by Gasteiger charge is 2.31. The quantitative estimate of drug-likeness (QED) is 0.514. The monoisotopic (exact) mass is 390 g/mol. The molecule has 1 amide bonds. The van der Waals surface area contributed by atoms with Gasteiger partial charge in [-0.15, -0.1) is 0 Å². The Balaban J connectivity index is 1.34. The van der Waals surface area contributed by atoms with E-state index in [1.807, 2.05) is 24.3 Å². The first kappa shape index (κ1) is 18.1. The van der Waals surface area contributed by atoms with Crippen LogP contribution in [0, 0.1) is 0 Å². The number of benzene rings is 1. The molecule has 28 heavy (non-hydrogen) atoms. The highest BCUT2D eigenvalue weighted by molar-refractivity contribution is 6.09. The third-order valence-corrected chi connectivity index (χ3v) is 4.47. The first-order valence-electron chi connectivity index (χ1n) is 8.69. The second-order valence-electron chi connectivity index (χ2n) is 6.48. The smallest absolute Gasteiger partial charge is 0.353 e. The van der Waals surface area contributed by atoms with E-state index in [0.717, 1.165) is 21.8 Å². The van der Waals surface area contributed by atoms with Crippen molar-refractivity contribution in [2.24, 2.45) is 4.99 Å². The molecule has 146 valence electrons. The predicted molar refractivity (Wildman–Crippen MR) is 99.0 cm³/mol. The molecule has 1 aliphatic heterocycles. The van der Waals surface area contributed by atoms with Crippen LogP contribution in [0.15, 0.2) is 41.5 Å². The molecule has 1 atom stereocenters. The summed E-state index contributed by atoms with van der Waals surface area (Å²) in [5, 5.41) is 8.65. The first-order valence-corrected chi connectivity index (χ1v) is 8.69. The second-order valence-corrected chi connectivity index (χ2v) is 6.48. The summed E-state index contributed by atoms with van der Waals surface area (Å²) in [6.45, 7) is 0.507. The van der Waals surface area contributed by atoms with Crippen LogP contribution >= 0.6 is 0 Å². The van der Waals surface area contributed by atoms with E-state index >= 15 is 0 Å². The molecular formula is C18H17F3N6O. The topological polar surface area (TPSA) is 94.2 Å². The lowest BCUT2D eigenvalue weighted by Gasteiger charge is -2.14. The van der Waals surface area contributed by atoms with Gasteiger partial charge in [-0.05, 0) is 18.6 Å². The summed E-state index contributed by atoms with van der Waals surface area (Å²) in [6.07, 6.45) is -2.47. The van der Waals surface area contributed by atoms with E-state index in [0.29, 0.717) is 13.0 Å². The van der Waals surface area contributed by atoms with E-state index in [2.05, 4.69) is 25.6 Å². The zero-order chi connectivity index (χ0) is 19.7. The van der Waals surface area contributed by atoms with Crippen molar-refractivity contribution in [3.05, 3.63) is 42.2 Å². The van der Waals surface area contributed by atoms with Crippen molar-refractivity contribution in [1.29, 1.82) is 0 Å². The van der Waals surface area contributed by atoms with Crippen LogP contribution in [0.2, 0.25) is 0 Å². The van der Waals surface area contributed by atoms with Crippen LogP contribution in [0.25, 0.3) is 21.8 Å². The number of hydrogen-bond acceptors (Lipinski definition) is 5. The first-order chi connectivity index (χ1) is 13.4. The summed E-state index contributed by atoms with van der Waals surface area (Å²) in [5.74, 6) is -0.630. The number of aromatic nitrogens is 2. The zero-order valence-corrected chi connectivity index (χ0v) is 14.6. The zero-order valence-electron chi connectivity index (χ0n) is 14.6. The standard InChI is InChI=1S/C18H17F3N6O/c19-18(20,21)27-17-24-8-10(25-17)5-6-22-16(28)14-7-12-11-3-1-2-4-13(11)26-15(12)9-23-14/h1-4,7,9-10,26H,5-6,8H2,(H,22,28)(H2,24,25,27). The van der Waals surface area contributed by atoms with E-state index in [4.69, 9.17) is 0 Å². The molecule has 4 N–H and O–H groups in total. The van der Waals surface area contributed by atoms with Crippen molar-refractivity contribution in [1.82, 2.24) is 25.9 Å². The number of alkyl halides is 3. The third-order valence-electron chi connectivity index (χ3n) is 4.47. The molecule has 4 rings (SSSR count). The molecule has 1 aromatic carbocycles. The Morgan fingerprint density at radius 2 is 2.04 bits per heavy atom. The summed E-state index contributed by atoms with van der Waals surface area (Å²) in [5.41, 5.74) is 2.09. The minimum absolute atomic E-state index is 0.216. The SMILES string of the molecule is O=C(NCCC1CN=C(NC(F)(F)F)N1)c1cc2c(cn1)[nH]c1ccccc12. The molecule has 1 aliphatic rings. The second kappa shape index (κ2) is 7.02. The van der Waals surface area contributed by atoms with Gasteiger partial charge in [-0.25, -0.2) is 4.98 Å². The number of aliphatic imine (C=N–C) groups is 1. The maximum absolute atomic E-state index is 12.4. The molecule has 1 unspecified atom stereocenters. The van der Waals surface area contributed by atoms with Crippen molar-refractivity contribution in [3.8, 4) is 0 Å². The molecule has 10 heteroatoms. The number of nitrogens with one attached hydrogen (secondary N) is 4. The van der Waals surface area contributed by atoms with Gasteiger partial charge in [-0.3, -0.25) is 15.1 Å². The Bertz CT molecular complexity index is 1060. The Morgan fingerprint density at radius 3 is 2.86 bits per heavy atom. The van der Waals surface area contributed by atoms with Crippen LogP contribution in [-0.2, 0) is 0 Å². The number of pyridine rings is 1. The summed E-state index contributed by atoms with van der Waals surface area (Å²) in [6, 6.07) is 9.23. The Kier molecular flexibility index (Phi) is 4.54. The van der Waals surface area contributed by atoms with Gasteiger partial charge in [0.25, 0.3) is 5.91 Å². The minimum Gasteiger partial charge on any atom is -0.353 e. The lowest BCUT2D eigenvalue weighted by molar-refractivity contribution is -0.142. The molecule has 7 nitrogen and oxygen atoms in total. The predicted octanol–water partition coefficient (Wildman–Crippen LogP) is 2.27. The highest BCUT2D eigenvalue weighted by Crippen LogP contribution is 2.24. The number of halogens is 3. The van der Waals surface area contributed by atoms with E-state index in [-0.39, 0.29) is 30.1 Å². The van der Waals surface area contributed by atoms with Gasteiger partial charge in [0.1, 0.15) is 5.69 Å². The maximum Gasteiger partial charge on any atom is 0.484 e. The van der Waals surface area contributed by atoms with E-state index in [1.54, 1.807) is 12.3 Å². The van der Waals surface area contributed by atoms with Gasteiger partial charge in [0.15, 0.2) is 5.96 Å². The number of rotatable bonds is 4. The fourth-order valence-corrected chi connectivity index (χ4v) is 3.18. The molecular weight excluding hydrogens is 373 g/mol. The van der Waals surface area contributed by atoms with Gasteiger partial charge in [-0.1, -0.05) is 18.2 Å². The number of carbonyl (C=O) groups excluding carboxylic acids is 1. The molecule has 0 aliphatic carbocycles. The largest absolute Gasteiger partial charge is 0.484 e. The molecule has 3 aromatic rings. The van der Waals surface area contributed by atoms with Crippen molar-refractivity contribution < 1.29 is 18.0 Å². The fraction of sp³-hybridized carbons (Fsp3) is 0.278. The van der Waals surface area contributed by atoms with Crippen molar-refractivity contribution in [2.75, 3.05) is 13.1 Å². The minimum atomic E-state index is -4.53. The van der Waals surface area contributed by atoms with E-state index in [1.165, 1.54) is 5.32 Å². The number of hydrogen-bond donors (Lipinski definition) is 4. The maximum atomic E-state index is 12.4. The number of carbonyl (C=O) groups is 1. The van der Waals surface area contributed by atoms with Crippen LogP contribution in [0.1, 0.15) is 16.9 Å². The van der Waals surface area contributed by atoms with Gasteiger partial charge in [0.05, 0.1) is 24.3 Å². The van der Waals surface area contributed by atoms with Crippen LogP contribution in [0.3, 0.4) is 0 Å². The van der Waals surface area contributed by atoms with Gasteiger partial charge in [0, 0.05) is 22.8 Å². The normalized spacial score (nSPS) is 16.8. The van der Waals surface area contributed by atoms with Crippen LogP contribution in [-0.4, -0.2) is 47.3 Å². The number of aromatic amines is 1. The Hall–Kier alpha value is -3.30. The summed E-state index contributed by atoms with van der Waals surface area (Å²) in [7, 11) is 0. The molecule has 0 saturated carbocycles. The number of fused-ring (bicyclic) bond motifs is 3. The number of para-hydroxylation sites is 1. The van der Waals surface area contributed by atoms with Crippen molar-refractivity contribution in [2.45, 2.75) is 18.8 Å². The molecule has 0 spiro atoms. The lowest BCUT2D eigenvalue weighted by atomic mass is 10.1. The van der Waals surface area contributed by atoms with Gasteiger partial charge < -0.3 is 15.6 Å². The summed E-state index contributed by atoms with van der Waals surface area (Å²) < 4.78 is 36.8. The molecule has 0 radical (unpaired) electrons. The average molecular weight is 390 g/mol. The number of guanidine groups is 1. The average Bonchev–Trinajstić information content (AvgIpc) is 3.23. The van der Waals surface area contributed by atoms with Crippen LogP contribution in [0.5, 0.6) is 0 Å². The summed E-state index contributed by atoms with van der Waals surface area (Å²) >= 11 is 0. The van der Waals surface area contributed by atoms with Crippen LogP contribution < -0.4 is 16.0 Å². The summed E-state index contributed by atoms with van der Waals surface area (Å²) in [4.78, 5) is 23.6. The van der Waals surface area contributed by atoms with Crippen molar-refractivity contribution in [3.63, 3.8) is 0 Å². The molecule has 3 heterocycles. The number of H-pyrrole nitrogens is 1. The highest BCUT2D eigenvalue weighted by atomic mass is 19.4. The van der Waals surface area contributed by atoms with Crippen molar-refractivity contribution >= 4 is 33.7 Å². The van der Waals surface area contributed by atoms with Crippen LogP contribution in [0.4, 0.5) is 13.2 Å².